The molecule has 1 aliphatic rings. The lowest BCUT2D eigenvalue weighted by atomic mass is 9.89. The van der Waals surface area contributed by atoms with E-state index in [1.807, 2.05) is 0 Å². The number of hydrogen-bond acceptors (Lipinski definition) is 0. The molecule has 0 aliphatic heterocycles. The normalized spacial score (nSPS) is 38.5. The summed E-state index contributed by atoms with van der Waals surface area (Å²) in [5, 5.41) is 0.457. The zero-order valence-electron chi connectivity index (χ0n) is 7.81. The average Bonchev–Trinajstić information content (AvgIpc) is 2.18. The molecule has 1 saturated carbocycles. The van der Waals surface area contributed by atoms with E-state index in [0.717, 1.165) is 17.8 Å². The quantitative estimate of drug-likeness (QED) is 0.561. The smallest absolute Gasteiger partial charge is 0.0364 e. The van der Waals surface area contributed by atoms with Crippen molar-refractivity contribution in [3.63, 3.8) is 0 Å². The lowest BCUT2D eigenvalue weighted by Crippen LogP contribution is -2.12. The third kappa shape index (κ3) is 2.37. The van der Waals surface area contributed by atoms with Gasteiger partial charge >= 0.3 is 0 Å². The lowest BCUT2D eigenvalue weighted by Gasteiger charge is -2.18. The molecular weight excluding hydrogens is 156 g/mol. The highest BCUT2D eigenvalue weighted by Gasteiger charge is 2.31. The van der Waals surface area contributed by atoms with Gasteiger partial charge in [0.15, 0.2) is 0 Å². The predicted octanol–water partition coefficient (Wildman–Crippen LogP) is 3.69. The second-order valence-corrected chi connectivity index (χ2v) is 4.90. The van der Waals surface area contributed by atoms with Gasteiger partial charge in [-0.3, -0.25) is 0 Å². The maximum Gasteiger partial charge on any atom is 0.0364 e. The molecule has 1 heteroatoms. The summed E-state index contributed by atoms with van der Waals surface area (Å²) in [7, 11) is 0. The molecule has 1 aliphatic carbocycles. The van der Waals surface area contributed by atoms with Crippen LogP contribution in [0.4, 0.5) is 0 Å². The molecule has 0 spiro atoms. The molecule has 0 aromatic carbocycles. The van der Waals surface area contributed by atoms with Crippen LogP contribution in [-0.2, 0) is 0 Å². The minimum absolute atomic E-state index is 0.457. The summed E-state index contributed by atoms with van der Waals surface area (Å²) < 4.78 is 0. The number of halogens is 1. The van der Waals surface area contributed by atoms with E-state index in [0.29, 0.717) is 5.38 Å². The van der Waals surface area contributed by atoms with Crippen molar-refractivity contribution in [1.29, 1.82) is 0 Å². The van der Waals surface area contributed by atoms with Crippen molar-refractivity contribution in [3.05, 3.63) is 0 Å². The van der Waals surface area contributed by atoms with Crippen LogP contribution in [0.25, 0.3) is 0 Å². The summed E-state index contributed by atoms with van der Waals surface area (Å²) in [4.78, 5) is 0. The van der Waals surface area contributed by atoms with Crippen molar-refractivity contribution in [2.24, 2.45) is 17.8 Å². The number of alkyl halides is 1. The Kier molecular flexibility index (Phi) is 3.24. The fourth-order valence-electron chi connectivity index (χ4n) is 2.13. The van der Waals surface area contributed by atoms with Gasteiger partial charge in [0.25, 0.3) is 0 Å². The highest BCUT2D eigenvalue weighted by atomic mass is 35.5. The molecule has 0 amide bonds. The van der Waals surface area contributed by atoms with Crippen molar-refractivity contribution < 1.29 is 0 Å². The standard InChI is InChI=1S/C10H19Cl/c1-7(2)6-9-4-5-10(11)8(9)3/h7-10H,4-6H2,1-3H3. The first-order chi connectivity index (χ1) is 5.11. The van der Waals surface area contributed by atoms with Gasteiger partial charge < -0.3 is 0 Å². The SMILES string of the molecule is CC(C)CC1CCC(Cl)C1C. The maximum absolute atomic E-state index is 6.14. The van der Waals surface area contributed by atoms with Crippen molar-refractivity contribution >= 4 is 11.6 Å². The Labute approximate surface area is 75.3 Å². The Morgan fingerprint density at radius 1 is 1.36 bits per heavy atom. The third-order valence-corrected chi connectivity index (χ3v) is 3.52. The molecular formula is C10H19Cl. The van der Waals surface area contributed by atoms with Gasteiger partial charge in [-0.15, -0.1) is 11.6 Å². The van der Waals surface area contributed by atoms with Crippen molar-refractivity contribution in [3.8, 4) is 0 Å². The van der Waals surface area contributed by atoms with Crippen LogP contribution in [0.1, 0.15) is 40.0 Å². The summed E-state index contributed by atoms with van der Waals surface area (Å²) in [6.07, 6.45) is 3.96. The van der Waals surface area contributed by atoms with E-state index in [4.69, 9.17) is 11.6 Å². The molecule has 0 N–H and O–H groups in total. The molecule has 3 atom stereocenters. The summed E-state index contributed by atoms with van der Waals surface area (Å²) in [5.74, 6) is 2.49. The van der Waals surface area contributed by atoms with Gasteiger partial charge in [0, 0.05) is 5.38 Å². The van der Waals surface area contributed by atoms with Crippen LogP contribution in [0.5, 0.6) is 0 Å². The van der Waals surface area contributed by atoms with E-state index in [9.17, 15) is 0 Å². The molecule has 0 radical (unpaired) electrons. The van der Waals surface area contributed by atoms with Crippen molar-refractivity contribution in [2.45, 2.75) is 45.4 Å². The molecule has 1 rings (SSSR count). The Morgan fingerprint density at radius 3 is 2.36 bits per heavy atom. The Hall–Kier alpha value is 0.290. The fourth-order valence-corrected chi connectivity index (χ4v) is 2.46. The molecule has 3 unspecified atom stereocenters. The van der Waals surface area contributed by atoms with E-state index in [2.05, 4.69) is 20.8 Å². The van der Waals surface area contributed by atoms with Crippen LogP contribution in [0.3, 0.4) is 0 Å². The Morgan fingerprint density at radius 2 is 2.00 bits per heavy atom. The summed E-state index contributed by atoms with van der Waals surface area (Å²) in [5.41, 5.74) is 0. The molecule has 0 heterocycles. The molecule has 11 heavy (non-hydrogen) atoms. The number of rotatable bonds is 2. The monoisotopic (exact) mass is 174 g/mol. The maximum atomic E-state index is 6.14. The largest absolute Gasteiger partial charge is 0.123 e. The highest BCUT2D eigenvalue weighted by Crippen LogP contribution is 2.38. The van der Waals surface area contributed by atoms with Gasteiger partial charge in [-0.05, 0) is 37.0 Å². The van der Waals surface area contributed by atoms with Gasteiger partial charge in [0.05, 0.1) is 0 Å². The zero-order valence-corrected chi connectivity index (χ0v) is 8.56. The van der Waals surface area contributed by atoms with Crippen molar-refractivity contribution in [2.75, 3.05) is 0 Å². The average molecular weight is 175 g/mol. The van der Waals surface area contributed by atoms with E-state index in [1.165, 1.54) is 19.3 Å². The van der Waals surface area contributed by atoms with E-state index in [-0.39, 0.29) is 0 Å². The number of hydrogen-bond donors (Lipinski definition) is 0. The first-order valence-electron chi connectivity index (χ1n) is 4.75. The predicted molar refractivity (Wildman–Crippen MR) is 51.0 cm³/mol. The minimum Gasteiger partial charge on any atom is -0.123 e. The molecule has 1 fully saturated rings. The van der Waals surface area contributed by atoms with E-state index < -0.39 is 0 Å². The third-order valence-electron chi connectivity index (χ3n) is 2.90. The van der Waals surface area contributed by atoms with Crippen LogP contribution in [0, 0.1) is 17.8 Å². The van der Waals surface area contributed by atoms with E-state index >= 15 is 0 Å². The van der Waals surface area contributed by atoms with Crippen LogP contribution >= 0.6 is 11.6 Å². The van der Waals surface area contributed by atoms with Crippen LogP contribution < -0.4 is 0 Å². The minimum atomic E-state index is 0.457. The van der Waals surface area contributed by atoms with Gasteiger partial charge in [-0.25, -0.2) is 0 Å². The second kappa shape index (κ2) is 3.80. The Balaban J connectivity index is 2.36. The first kappa shape index (κ1) is 9.38. The first-order valence-corrected chi connectivity index (χ1v) is 5.19. The van der Waals surface area contributed by atoms with Gasteiger partial charge in [0.1, 0.15) is 0 Å². The van der Waals surface area contributed by atoms with Gasteiger partial charge in [-0.1, -0.05) is 20.8 Å². The molecule has 0 aromatic heterocycles. The van der Waals surface area contributed by atoms with Gasteiger partial charge in [0.2, 0.25) is 0 Å². The van der Waals surface area contributed by atoms with Crippen molar-refractivity contribution in [1.82, 2.24) is 0 Å². The zero-order chi connectivity index (χ0) is 8.43. The lowest BCUT2D eigenvalue weighted by molar-refractivity contribution is 0.344. The fraction of sp³-hybridized carbons (Fsp3) is 1.00. The summed E-state index contributed by atoms with van der Waals surface area (Å²) in [6, 6.07) is 0. The van der Waals surface area contributed by atoms with Gasteiger partial charge in [-0.2, -0.15) is 0 Å². The van der Waals surface area contributed by atoms with Crippen LogP contribution in [-0.4, -0.2) is 5.38 Å². The molecule has 66 valence electrons. The second-order valence-electron chi connectivity index (χ2n) is 4.34. The Bertz CT molecular complexity index is 120. The topological polar surface area (TPSA) is 0 Å². The highest BCUT2D eigenvalue weighted by molar-refractivity contribution is 6.20. The molecule has 0 nitrogen and oxygen atoms in total. The molecule has 0 aromatic rings. The molecule has 0 saturated heterocycles. The van der Waals surface area contributed by atoms with E-state index in [1.54, 1.807) is 0 Å². The summed E-state index contributed by atoms with van der Waals surface area (Å²) in [6.45, 7) is 6.90. The summed E-state index contributed by atoms with van der Waals surface area (Å²) >= 11 is 6.14. The van der Waals surface area contributed by atoms with Crippen LogP contribution in [0.15, 0.2) is 0 Å². The molecule has 0 bridgehead atoms. The van der Waals surface area contributed by atoms with Crippen LogP contribution in [0.2, 0.25) is 0 Å².